The van der Waals surface area contributed by atoms with Crippen molar-refractivity contribution in [3.05, 3.63) is 64.4 Å². The molecule has 1 heterocycles. The molecule has 0 saturated carbocycles. The van der Waals surface area contributed by atoms with Crippen LogP contribution in [0.3, 0.4) is 0 Å². The van der Waals surface area contributed by atoms with E-state index < -0.39 is 11.8 Å². The van der Waals surface area contributed by atoms with E-state index in [0.29, 0.717) is 30.8 Å². The molecule has 1 amide bonds. The van der Waals surface area contributed by atoms with Crippen LogP contribution in [0.5, 0.6) is 0 Å². The molecule has 7 heteroatoms. The molecule has 3 rings (SSSR count). The van der Waals surface area contributed by atoms with Crippen molar-refractivity contribution in [2.45, 2.75) is 19.4 Å². The third kappa shape index (κ3) is 5.28. The van der Waals surface area contributed by atoms with E-state index in [1.165, 1.54) is 18.2 Å². The highest BCUT2D eigenvalue weighted by Crippen LogP contribution is 2.21. The smallest absolute Gasteiger partial charge is 0.307 e. The fourth-order valence-electron chi connectivity index (χ4n) is 3.23. The number of aliphatic carboxylic acids is 1. The molecular formula is C20H20ClFN2O3. The lowest BCUT2D eigenvalue weighted by atomic mass is 10.1. The first-order valence-electron chi connectivity index (χ1n) is 8.68. The van der Waals surface area contributed by atoms with Crippen molar-refractivity contribution >= 4 is 29.2 Å². The zero-order valence-electron chi connectivity index (χ0n) is 14.6. The van der Waals surface area contributed by atoms with Gasteiger partial charge in [-0.3, -0.25) is 14.5 Å². The van der Waals surface area contributed by atoms with Gasteiger partial charge >= 0.3 is 5.97 Å². The highest BCUT2D eigenvalue weighted by molar-refractivity contribution is 6.31. The number of nitrogens with one attached hydrogen (secondary N) is 1. The maximum atomic E-state index is 13.1. The molecule has 1 unspecified atom stereocenters. The Balaban J connectivity index is 1.58. The minimum Gasteiger partial charge on any atom is -0.481 e. The lowest BCUT2D eigenvalue weighted by molar-refractivity contribution is -0.141. The number of hydrogen-bond donors (Lipinski definition) is 2. The second-order valence-electron chi connectivity index (χ2n) is 6.72. The molecule has 2 N–H and O–H groups in total. The second-order valence-corrected chi connectivity index (χ2v) is 7.13. The molecule has 0 spiro atoms. The summed E-state index contributed by atoms with van der Waals surface area (Å²) < 4.78 is 13.1. The van der Waals surface area contributed by atoms with Crippen LogP contribution in [0.15, 0.2) is 42.5 Å². The largest absolute Gasteiger partial charge is 0.481 e. The number of nitrogens with zero attached hydrogens (tertiary/aromatic N) is 1. The van der Waals surface area contributed by atoms with Crippen LogP contribution >= 0.6 is 11.6 Å². The summed E-state index contributed by atoms with van der Waals surface area (Å²) in [4.78, 5) is 25.4. The summed E-state index contributed by atoms with van der Waals surface area (Å²) in [7, 11) is 0. The molecular weight excluding hydrogens is 371 g/mol. The van der Waals surface area contributed by atoms with Crippen LogP contribution in [-0.4, -0.2) is 35.0 Å². The van der Waals surface area contributed by atoms with Gasteiger partial charge in [-0.1, -0.05) is 29.8 Å². The summed E-state index contributed by atoms with van der Waals surface area (Å²) in [5, 5.41) is 12.1. The average Bonchev–Trinajstić information content (AvgIpc) is 3.06. The van der Waals surface area contributed by atoms with Crippen LogP contribution in [0.2, 0.25) is 5.02 Å². The van der Waals surface area contributed by atoms with Crippen molar-refractivity contribution in [3.8, 4) is 0 Å². The molecule has 142 valence electrons. The summed E-state index contributed by atoms with van der Waals surface area (Å²) in [6.07, 6.45) is 0.708. The Labute approximate surface area is 161 Å². The van der Waals surface area contributed by atoms with Crippen LogP contribution < -0.4 is 5.32 Å². The number of carboxylic acids is 1. The molecule has 0 bridgehead atoms. The SMILES string of the molecule is O=C(Cc1ccc(F)cc1Cl)Nc1cccc(CN2CCC(C(=O)O)C2)c1. The quantitative estimate of drug-likeness (QED) is 0.791. The van der Waals surface area contributed by atoms with E-state index in [4.69, 9.17) is 16.7 Å². The van der Waals surface area contributed by atoms with Gasteiger partial charge in [0.2, 0.25) is 5.91 Å². The van der Waals surface area contributed by atoms with E-state index in [9.17, 15) is 14.0 Å². The molecule has 0 radical (unpaired) electrons. The highest BCUT2D eigenvalue weighted by Gasteiger charge is 2.27. The third-order valence-electron chi connectivity index (χ3n) is 4.60. The molecule has 2 aromatic rings. The topological polar surface area (TPSA) is 69.6 Å². The second kappa shape index (κ2) is 8.50. The van der Waals surface area contributed by atoms with E-state index in [0.717, 1.165) is 12.1 Å². The van der Waals surface area contributed by atoms with E-state index in [1.807, 2.05) is 18.2 Å². The molecule has 27 heavy (non-hydrogen) atoms. The Morgan fingerprint density at radius 1 is 1.26 bits per heavy atom. The van der Waals surface area contributed by atoms with Crippen LogP contribution in [0.4, 0.5) is 10.1 Å². The Hall–Kier alpha value is -2.44. The van der Waals surface area contributed by atoms with Gasteiger partial charge in [-0.05, 0) is 48.4 Å². The summed E-state index contributed by atoms with van der Waals surface area (Å²) in [6.45, 7) is 1.92. The van der Waals surface area contributed by atoms with E-state index >= 15 is 0 Å². The number of carbonyl (C=O) groups is 2. The minimum atomic E-state index is -0.752. The zero-order valence-corrected chi connectivity index (χ0v) is 15.4. The van der Waals surface area contributed by atoms with Crippen molar-refractivity contribution in [1.82, 2.24) is 4.90 Å². The van der Waals surface area contributed by atoms with Crippen molar-refractivity contribution < 1.29 is 19.1 Å². The van der Waals surface area contributed by atoms with Crippen molar-refractivity contribution in [1.29, 1.82) is 0 Å². The Kier molecular flexibility index (Phi) is 6.08. The Morgan fingerprint density at radius 2 is 2.07 bits per heavy atom. The maximum Gasteiger partial charge on any atom is 0.307 e. The third-order valence-corrected chi connectivity index (χ3v) is 4.96. The van der Waals surface area contributed by atoms with Gasteiger partial charge in [0.1, 0.15) is 5.82 Å². The van der Waals surface area contributed by atoms with Crippen molar-refractivity contribution in [2.75, 3.05) is 18.4 Å². The monoisotopic (exact) mass is 390 g/mol. The van der Waals surface area contributed by atoms with Gasteiger partial charge in [0.15, 0.2) is 0 Å². The average molecular weight is 391 g/mol. The first-order chi connectivity index (χ1) is 12.9. The number of likely N-dealkylation sites (tertiary alicyclic amines) is 1. The molecule has 1 aliphatic rings. The molecule has 2 aromatic carbocycles. The molecule has 1 saturated heterocycles. The summed E-state index contributed by atoms with van der Waals surface area (Å²) in [6, 6.07) is 11.4. The number of anilines is 1. The van der Waals surface area contributed by atoms with Gasteiger partial charge in [-0.15, -0.1) is 0 Å². The normalized spacial score (nSPS) is 17.0. The van der Waals surface area contributed by atoms with Gasteiger partial charge in [0.25, 0.3) is 0 Å². The fourth-order valence-corrected chi connectivity index (χ4v) is 3.46. The number of rotatable bonds is 6. The van der Waals surface area contributed by atoms with Crippen LogP contribution in [-0.2, 0) is 22.6 Å². The first-order valence-corrected chi connectivity index (χ1v) is 9.06. The first kappa shape index (κ1) is 19.3. The van der Waals surface area contributed by atoms with Crippen LogP contribution in [0.25, 0.3) is 0 Å². The zero-order chi connectivity index (χ0) is 19.4. The number of carboxylic acid groups (broad SMARTS) is 1. The Bertz CT molecular complexity index is 859. The van der Waals surface area contributed by atoms with Gasteiger partial charge in [0, 0.05) is 23.8 Å². The maximum absolute atomic E-state index is 13.1. The molecule has 0 aliphatic carbocycles. The molecule has 0 aromatic heterocycles. The number of amides is 1. The molecule has 1 atom stereocenters. The van der Waals surface area contributed by atoms with E-state index in [2.05, 4.69) is 10.2 Å². The standard InChI is InChI=1S/C20H20ClFN2O3/c21-18-10-16(22)5-4-14(18)9-19(25)23-17-3-1-2-13(8-17)11-24-7-6-15(12-24)20(26)27/h1-5,8,10,15H,6-7,9,11-12H2,(H,23,25)(H,26,27). The summed E-state index contributed by atoms with van der Waals surface area (Å²) in [5.41, 5.74) is 2.21. The number of hydrogen-bond acceptors (Lipinski definition) is 3. The van der Waals surface area contributed by atoms with Crippen molar-refractivity contribution in [2.24, 2.45) is 5.92 Å². The van der Waals surface area contributed by atoms with Gasteiger partial charge in [-0.2, -0.15) is 0 Å². The minimum absolute atomic E-state index is 0.0513. The number of halogens is 2. The van der Waals surface area contributed by atoms with Gasteiger partial charge in [-0.25, -0.2) is 4.39 Å². The predicted molar refractivity (Wildman–Crippen MR) is 101 cm³/mol. The number of benzene rings is 2. The Morgan fingerprint density at radius 3 is 2.78 bits per heavy atom. The molecule has 1 aliphatic heterocycles. The fraction of sp³-hybridized carbons (Fsp3) is 0.300. The number of carbonyl (C=O) groups excluding carboxylic acids is 1. The summed E-state index contributed by atoms with van der Waals surface area (Å²) >= 11 is 5.96. The summed E-state index contributed by atoms with van der Waals surface area (Å²) in [5.74, 6) is -1.75. The molecule has 1 fully saturated rings. The predicted octanol–water partition coefficient (Wildman–Crippen LogP) is 3.57. The lowest BCUT2D eigenvalue weighted by Crippen LogP contribution is -2.23. The van der Waals surface area contributed by atoms with E-state index in [-0.39, 0.29) is 23.3 Å². The molecule has 5 nitrogen and oxygen atoms in total. The van der Waals surface area contributed by atoms with Crippen LogP contribution in [0.1, 0.15) is 17.5 Å². The lowest BCUT2D eigenvalue weighted by Gasteiger charge is -2.16. The van der Waals surface area contributed by atoms with Crippen LogP contribution in [0, 0.1) is 11.7 Å². The highest BCUT2D eigenvalue weighted by atomic mass is 35.5. The van der Waals surface area contributed by atoms with Crippen molar-refractivity contribution in [3.63, 3.8) is 0 Å². The van der Waals surface area contributed by atoms with Gasteiger partial charge < -0.3 is 10.4 Å². The van der Waals surface area contributed by atoms with Gasteiger partial charge in [0.05, 0.1) is 12.3 Å². The van der Waals surface area contributed by atoms with E-state index in [1.54, 1.807) is 6.07 Å².